The minimum absolute atomic E-state index is 0.0824. The van der Waals surface area contributed by atoms with Crippen LogP contribution in [-0.4, -0.2) is 50.1 Å². The third-order valence-electron chi connectivity index (χ3n) is 6.67. The summed E-state index contributed by atoms with van der Waals surface area (Å²) in [5.41, 5.74) is 3.93. The number of nitrogens with zero attached hydrogens (tertiary/aromatic N) is 1. The summed E-state index contributed by atoms with van der Waals surface area (Å²) < 4.78 is 11.4. The second-order valence-electron chi connectivity index (χ2n) is 10.8. The molecule has 0 unspecified atom stereocenters. The van der Waals surface area contributed by atoms with Gasteiger partial charge in [0.25, 0.3) is 0 Å². The topological polar surface area (TPSA) is 29.5 Å². The van der Waals surface area contributed by atoms with E-state index in [4.69, 9.17) is 4.74 Å². The van der Waals surface area contributed by atoms with Gasteiger partial charge in [0, 0.05) is 0 Å². The molecule has 180 valence electrons. The van der Waals surface area contributed by atoms with Crippen molar-refractivity contribution in [3.63, 3.8) is 0 Å². The number of hydrogen-bond acceptors (Lipinski definition) is 2. The normalized spacial score (nSPS) is 17.7. The molecule has 2 rings (SSSR count). The van der Waals surface area contributed by atoms with Crippen molar-refractivity contribution < 1.29 is 9.53 Å². The zero-order valence-electron chi connectivity index (χ0n) is 21.6. The fraction of sp³-hybridized carbons (Fsp3) is 0.667. The number of unbranched alkanes of at least 4 members (excludes halogenated alkanes) is 3. The molecule has 5 heteroatoms. The number of amides is 1. The number of carbonyl (C=O) groups is 1. The SMILES string of the molecule is CCC[CH2][Sn]([CH2]CCC)([CH2]CCC)/[C](=C\[Si](C)(C)C)N1C(=O)OC[C@@H]1Cc1ccccc1. The van der Waals surface area contributed by atoms with Crippen LogP contribution in [0.15, 0.2) is 39.7 Å². The molecule has 1 aromatic rings. The maximum atomic E-state index is 13.3. The quantitative estimate of drug-likeness (QED) is 0.213. The maximum absolute atomic E-state index is 13.3. The second-order valence-corrected chi connectivity index (χ2v) is 28.8. The predicted molar refractivity (Wildman–Crippen MR) is 143 cm³/mol. The summed E-state index contributed by atoms with van der Waals surface area (Å²) in [5, 5.41) is 0. The Bertz CT molecular complexity index is 707. The molecule has 1 fully saturated rings. The molecule has 1 aromatic carbocycles. The van der Waals surface area contributed by atoms with Gasteiger partial charge < -0.3 is 0 Å². The molecule has 1 aliphatic heterocycles. The van der Waals surface area contributed by atoms with Crippen LogP contribution in [0.3, 0.4) is 0 Å². The van der Waals surface area contributed by atoms with Crippen LogP contribution in [0.25, 0.3) is 0 Å². The van der Waals surface area contributed by atoms with E-state index < -0.39 is 26.5 Å². The molecule has 0 radical (unpaired) electrons. The van der Waals surface area contributed by atoms with E-state index >= 15 is 0 Å². The molecule has 0 aromatic heterocycles. The Morgan fingerprint density at radius 2 is 1.53 bits per heavy atom. The van der Waals surface area contributed by atoms with Crippen LogP contribution in [-0.2, 0) is 11.2 Å². The van der Waals surface area contributed by atoms with Gasteiger partial charge in [-0.1, -0.05) is 0 Å². The Balaban J connectivity index is 2.55. The molecular formula is C27H47NO2SiSn. The average molecular weight is 564 g/mol. The summed E-state index contributed by atoms with van der Waals surface area (Å²) in [4.78, 5) is 15.5. The van der Waals surface area contributed by atoms with E-state index in [1.165, 1.54) is 61.1 Å². The van der Waals surface area contributed by atoms with Gasteiger partial charge in [0.2, 0.25) is 0 Å². The molecule has 3 nitrogen and oxygen atoms in total. The molecule has 1 heterocycles. The first-order valence-electron chi connectivity index (χ1n) is 13.0. The van der Waals surface area contributed by atoms with Crippen molar-refractivity contribution in [3.8, 4) is 0 Å². The summed E-state index contributed by atoms with van der Waals surface area (Å²) in [6.07, 6.45) is 8.45. The Morgan fingerprint density at radius 3 is 2.00 bits per heavy atom. The first kappa shape index (κ1) is 27.5. The molecule has 1 saturated heterocycles. The summed E-state index contributed by atoms with van der Waals surface area (Å²) in [7, 11) is -1.53. The van der Waals surface area contributed by atoms with Gasteiger partial charge in [0.1, 0.15) is 0 Å². The summed E-state index contributed by atoms with van der Waals surface area (Å²) in [6.45, 7) is 14.8. The average Bonchev–Trinajstić information content (AvgIpc) is 3.11. The van der Waals surface area contributed by atoms with E-state index in [1.54, 1.807) is 0 Å². The van der Waals surface area contributed by atoms with Crippen LogP contribution in [0.5, 0.6) is 0 Å². The third-order valence-corrected chi connectivity index (χ3v) is 24.1. The van der Waals surface area contributed by atoms with Crippen molar-refractivity contribution in [1.82, 2.24) is 4.90 Å². The number of hydrogen-bond donors (Lipinski definition) is 0. The van der Waals surface area contributed by atoms with Crippen LogP contribution < -0.4 is 0 Å². The molecule has 0 aliphatic carbocycles. The fourth-order valence-corrected chi connectivity index (χ4v) is 28.0. The van der Waals surface area contributed by atoms with Crippen LogP contribution in [0.4, 0.5) is 4.79 Å². The molecule has 32 heavy (non-hydrogen) atoms. The summed E-state index contributed by atoms with van der Waals surface area (Å²) in [5.74, 6) is 0. The molecular weight excluding hydrogens is 517 g/mol. The molecule has 1 amide bonds. The Labute approximate surface area is 202 Å². The Kier molecular flexibility index (Phi) is 11.4. The summed E-state index contributed by atoms with van der Waals surface area (Å²) in [6, 6.07) is 10.8. The van der Waals surface area contributed by atoms with Crippen LogP contribution >= 0.6 is 0 Å². The minimum atomic E-state index is -2.82. The number of rotatable bonds is 14. The van der Waals surface area contributed by atoms with Gasteiger partial charge in [-0.05, 0) is 0 Å². The molecule has 1 aliphatic rings. The standard InChI is InChI=1S/C15H20NO2Si.3C4H9.Sn/c1-19(2,3)10-9-16-14(12-18-15(16)17)11-13-7-5-4-6-8-13;3*1-3-4-2;/h4-8,10,14H,11-12H2,1-3H3;3*1,3-4H2,2H3;/t14-;;;;/m0..../s1. The molecule has 0 N–H and O–H groups in total. The summed E-state index contributed by atoms with van der Waals surface area (Å²) >= 11 is -2.82. The van der Waals surface area contributed by atoms with Gasteiger partial charge in [0.05, 0.1) is 0 Å². The van der Waals surface area contributed by atoms with Crippen molar-refractivity contribution in [2.24, 2.45) is 0 Å². The van der Waals surface area contributed by atoms with Gasteiger partial charge in [-0.15, -0.1) is 0 Å². The number of carbonyl (C=O) groups excluding carboxylic acids is 1. The number of benzene rings is 1. The van der Waals surface area contributed by atoms with E-state index in [0.29, 0.717) is 6.61 Å². The third kappa shape index (κ3) is 7.93. The van der Waals surface area contributed by atoms with E-state index in [9.17, 15) is 4.79 Å². The Morgan fingerprint density at radius 1 is 1.00 bits per heavy atom. The monoisotopic (exact) mass is 565 g/mol. The van der Waals surface area contributed by atoms with Crippen molar-refractivity contribution in [2.45, 2.75) is 105 Å². The van der Waals surface area contributed by atoms with Gasteiger partial charge in [-0.2, -0.15) is 0 Å². The van der Waals surface area contributed by atoms with E-state index in [-0.39, 0.29) is 12.1 Å². The second kappa shape index (κ2) is 13.2. The molecule has 0 spiro atoms. The van der Waals surface area contributed by atoms with Gasteiger partial charge in [0.15, 0.2) is 0 Å². The van der Waals surface area contributed by atoms with Crippen LogP contribution in [0.2, 0.25) is 33.0 Å². The zero-order chi connectivity index (χ0) is 23.6. The Hall–Kier alpha value is -0.754. The van der Waals surface area contributed by atoms with Gasteiger partial charge in [-0.3, -0.25) is 0 Å². The molecule has 0 saturated carbocycles. The van der Waals surface area contributed by atoms with Crippen molar-refractivity contribution in [2.75, 3.05) is 6.61 Å². The van der Waals surface area contributed by atoms with Crippen LogP contribution in [0.1, 0.15) is 64.9 Å². The van der Waals surface area contributed by atoms with Gasteiger partial charge >= 0.3 is 204 Å². The zero-order valence-corrected chi connectivity index (χ0v) is 25.4. The first-order chi connectivity index (χ1) is 15.3. The van der Waals surface area contributed by atoms with Crippen molar-refractivity contribution in [1.29, 1.82) is 0 Å². The van der Waals surface area contributed by atoms with Crippen molar-refractivity contribution >= 4 is 32.5 Å². The van der Waals surface area contributed by atoms with Crippen molar-refractivity contribution in [3.05, 3.63) is 45.3 Å². The van der Waals surface area contributed by atoms with E-state index in [0.717, 1.165) is 6.42 Å². The predicted octanol–water partition coefficient (Wildman–Crippen LogP) is 8.20. The fourth-order valence-electron chi connectivity index (χ4n) is 4.99. The van der Waals surface area contributed by atoms with Gasteiger partial charge in [-0.25, -0.2) is 0 Å². The number of ether oxygens (including phenoxy) is 1. The number of cyclic esters (lactones) is 1. The molecule has 0 bridgehead atoms. The van der Waals surface area contributed by atoms with E-state index in [1.807, 2.05) is 0 Å². The van der Waals surface area contributed by atoms with E-state index in [2.05, 4.69) is 81.3 Å². The first-order valence-corrected chi connectivity index (χ1v) is 24.1. The van der Waals surface area contributed by atoms with Crippen LogP contribution in [0, 0.1) is 0 Å². The molecule has 1 atom stereocenters.